The van der Waals surface area contributed by atoms with Crippen LogP contribution in [0.1, 0.15) is 32.3 Å². The largest absolute Gasteiger partial charge is 0.311 e. The van der Waals surface area contributed by atoms with Gasteiger partial charge in [0, 0.05) is 31.7 Å². The molecule has 1 N–H and O–H groups in total. The summed E-state index contributed by atoms with van der Waals surface area (Å²) in [6, 6.07) is 6.38. The highest BCUT2D eigenvalue weighted by Gasteiger charge is 2.26. The number of nitrogens with one attached hydrogen (secondary N) is 1. The Balaban J connectivity index is 2.12. The number of piperazine rings is 1. The molecule has 1 fully saturated rings. The quantitative estimate of drug-likeness (QED) is 0.909. The average molecular weight is 329 g/mol. The van der Waals surface area contributed by atoms with E-state index >= 15 is 0 Å². The van der Waals surface area contributed by atoms with E-state index in [2.05, 4.69) is 40.0 Å². The van der Waals surface area contributed by atoms with Gasteiger partial charge in [0.15, 0.2) is 0 Å². The van der Waals surface area contributed by atoms with Gasteiger partial charge in [-0.25, -0.2) is 4.39 Å². The van der Waals surface area contributed by atoms with E-state index in [1.54, 1.807) is 6.07 Å². The lowest BCUT2D eigenvalue weighted by Crippen LogP contribution is -2.55. The van der Waals surface area contributed by atoms with Crippen molar-refractivity contribution in [2.24, 2.45) is 0 Å². The minimum absolute atomic E-state index is 0.173. The van der Waals surface area contributed by atoms with Gasteiger partial charge < -0.3 is 5.32 Å². The molecule has 0 aliphatic carbocycles. The van der Waals surface area contributed by atoms with Crippen LogP contribution in [0.25, 0.3) is 0 Å². The fourth-order valence-electron chi connectivity index (χ4n) is 2.69. The SMILES string of the molecule is CCC1CN(Cc2cccc(F)c2Br)C(CC)CN1. The zero-order valence-corrected chi connectivity index (χ0v) is 13.2. The summed E-state index contributed by atoms with van der Waals surface area (Å²) in [6.07, 6.45) is 2.26. The number of nitrogens with zero attached hydrogens (tertiary/aromatic N) is 1. The van der Waals surface area contributed by atoms with E-state index in [4.69, 9.17) is 0 Å². The smallest absolute Gasteiger partial charge is 0.137 e. The third kappa shape index (κ3) is 3.56. The molecule has 1 saturated heterocycles. The van der Waals surface area contributed by atoms with Crippen molar-refractivity contribution in [2.75, 3.05) is 13.1 Å². The summed E-state index contributed by atoms with van der Waals surface area (Å²) in [6.45, 7) is 7.31. The predicted octanol–water partition coefficient (Wildman–Crippen LogP) is 3.55. The van der Waals surface area contributed by atoms with E-state index in [-0.39, 0.29) is 5.82 Å². The lowest BCUT2D eigenvalue weighted by atomic mass is 10.0. The van der Waals surface area contributed by atoms with Crippen molar-refractivity contribution in [3.8, 4) is 0 Å². The maximum Gasteiger partial charge on any atom is 0.137 e. The van der Waals surface area contributed by atoms with Crippen LogP contribution in [0.5, 0.6) is 0 Å². The molecule has 0 aromatic heterocycles. The molecule has 2 unspecified atom stereocenters. The molecule has 2 nitrogen and oxygen atoms in total. The Morgan fingerprint density at radius 2 is 2.16 bits per heavy atom. The second-order valence-electron chi connectivity index (χ2n) is 5.22. The van der Waals surface area contributed by atoms with Gasteiger partial charge in [0.05, 0.1) is 4.47 Å². The van der Waals surface area contributed by atoms with E-state index in [0.717, 1.165) is 38.0 Å². The standard InChI is InChI=1S/C15H22BrFN2/c1-3-12-10-19(13(4-2)8-18-12)9-11-6-5-7-14(17)15(11)16/h5-7,12-13,18H,3-4,8-10H2,1-2H3. The second-order valence-corrected chi connectivity index (χ2v) is 6.01. The van der Waals surface area contributed by atoms with Crippen molar-refractivity contribution >= 4 is 15.9 Å². The summed E-state index contributed by atoms with van der Waals surface area (Å²) in [4.78, 5) is 2.48. The minimum Gasteiger partial charge on any atom is -0.311 e. The summed E-state index contributed by atoms with van der Waals surface area (Å²) < 4.78 is 14.2. The third-order valence-corrected chi connectivity index (χ3v) is 4.87. The molecule has 1 aliphatic rings. The van der Waals surface area contributed by atoms with Crippen LogP contribution in [0.3, 0.4) is 0 Å². The maximum absolute atomic E-state index is 13.6. The first-order valence-electron chi connectivity index (χ1n) is 7.06. The fraction of sp³-hybridized carbons (Fsp3) is 0.600. The van der Waals surface area contributed by atoms with Crippen LogP contribution in [-0.2, 0) is 6.54 Å². The molecule has 2 atom stereocenters. The Hall–Kier alpha value is -0.450. The van der Waals surface area contributed by atoms with Gasteiger partial charge in [-0.15, -0.1) is 0 Å². The number of hydrogen-bond donors (Lipinski definition) is 1. The molecule has 0 spiro atoms. The van der Waals surface area contributed by atoms with Crippen molar-refractivity contribution in [1.29, 1.82) is 0 Å². The van der Waals surface area contributed by atoms with Gasteiger partial charge in [-0.1, -0.05) is 26.0 Å². The molecule has 1 heterocycles. The molecule has 1 aliphatic heterocycles. The molecule has 106 valence electrons. The first-order chi connectivity index (χ1) is 9.15. The summed E-state index contributed by atoms with van der Waals surface area (Å²) >= 11 is 3.36. The molecule has 0 amide bonds. The Labute approximate surface area is 123 Å². The molecule has 4 heteroatoms. The fourth-order valence-corrected chi connectivity index (χ4v) is 3.08. The number of rotatable bonds is 4. The van der Waals surface area contributed by atoms with Gasteiger partial charge in [-0.2, -0.15) is 0 Å². The first kappa shape index (κ1) is 14.9. The van der Waals surface area contributed by atoms with E-state index in [9.17, 15) is 4.39 Å². The van der Waals surface area contributed by atoms with Crippen LogP contribution < -0.4 is 5.32 Å². The normalized spacial score (nSPS) is 24.6. The Morgan fingerprint density at radius 3 is 2.84 bits per heavy atom. The lowest BCUT2D eigenvalue weighted by Gasteiger charge is -2.40. The van der Waals surface area contributed by atoms with Crippen LogP contribution in [0, 0.1) is 5.82 Å². The zero-order valence-electron chi connectivity index (χ0n) is 11.6. The molecule has 0 radical (unpaired) electrons. The van der Waals surface area contributed by atoms with Gasteiger partial charge in [-0.3, -0.25) is 4.90 Å². The molecule has 0 bridgehead atoms. The minimum atomic E-state index is -0.173. The van der Waals surface area contributed by atoms with Gasteiger partial charge >= 0.3 is 0 Å². The van der Waals surface area contributed by atoms with Crippen LogP contribution in [0.15, 0.2) is 22.7 Å². The first-order valence-corrected chi connectivity index (χ1v) is 7.85. The van der Waals surface area contributed by atoms with Crippen molar-refractivity contribution in [1.82, 2.24) is 10.2 Å². The van der Waals surface area contributed by atoms with Crippen molar-refractivity contribution in [3.05, 3.63) is 34.1 Å². The number of halogens is 2. The lowest BCUT2D eigenvalue weighted by molar-refractivity contribution is 0.117. The van der Waals surface area contributed by atoms with E-state index in [1.165, 1.54) is 6.07 Å². The highest BCUT2D eigenvalue weighted by Crippen LogP contribution is 2.24. The average Bonchev–Trinajstić information content (AvgIpc) is 2.43. The monoisotopic (exact) mass is 328 g/mol. The van der Waals surface area contributed by atoms with Gasteiger partial charge in [-0.05, 0) is 40.4 Å². The molecule has 0 saturated carbocycles. The van der Waals surface area contributed by atoms with E-state index in [1.807, 2.05) is 6.07 Å². The highest BCUT2D eigenvalue weighted by molar-refractivity contribution is 9.10. The summed E-state index contributed by atoms with van der Waals surface area (Å²) in [7, 11) is 0. The van der Waals surface area contributed by atoms with Crippen molar-refractivity contribution in [2.45, 2.75) is 45.3 Å². The summed E-state index contributed by atoms with van der Waals surface area (Å²) in [5.74, 6) is -0.173. The highest BCUT2D eigenvalue weighted by atomic mass is 79.9. The predicted molar refractivity (Wildman–Crippen MR) is 80.7 cm³/mol. The second kappa shape index (κ2) is 6.82. The Bertz CT molecular complexity index is 425. The van der Waals surface area contributed by atoms with Crippen LogP contribution in [0.4, 0.5) is 4.39 Å². The van der Waals surface area contributed by atoms with Crippen LogP contribution >= 0.6 is 15.9 Å². The molecule has 1 aromatic rings. The van der Waals surface area contributed by atoms with Crippen LogP contribution in [0.2, 0.25) is 0 Å². The topological polar surface area (TPSA) is 15.3 Å². The zero-order chi connectivity index (χ0) is 13.8. The Kier molecular flexibility index (Phi) is 5.37. The summed E-state index contributed by atoms with van der Waals surface area (Å²) in [5, 5.41) is 3.58. The number of benzene rings is 1. The van der Waals surface area contributed by atoms with Gasteiger partial charge in [0.1, 0.15) is 5.82 Å². The Morgan fingerprint density at radius 1 is 1.37 bits per heavy atom. The van der Waals surface area contributed by atoms with Crippen molar-refractivity contribution < 1.29 is 4.39 Å². The van der Waals surface area contributed by atoms with E-state index in [0.29, 0.717) is 16.6 Å². The molecule has 2 rings (SSSR count). The maximum atomic E-state index is 13.6. The van der Waals surface area contributed by atoms with Crippen LogP contribution in [-0.4, -0.2) is 30.1 Å². The van der Waals surface area contributed by atoms with E-state index < -0.39 is 0 Å². The summed E-state index contributed by atoms with van der Waals surface area (Å²) in [5.41, 5.74) is 1.04. The van der Waals surface area contributed by atoms with Gasteiger partial charge in [0.25, 0.3) is 0 Å². The van der Waals surface area contributed by atoms with Crippen molar-refractivity contribution in [3.63, 3.8) is 0 Å². The third-order valence-electron chi connectivity index (χ3n) is 3.98. The molecular weight excluding hydrogens is 307 g/mol. The molecule has 19 heavy (non-hydrogen) atoms. The molecular formula is C15H22BrFN2. The number of hydrogen-bond acceptors (Lipinski definition) is 2. The molecule has 1 aromatic carbocycles. The van der Waals surface area contributed by atoms with Gasteiger partial charge in [0.2, 0.25) is 0 Å².